The molecule has 0 aliphatic rings. The number of rotatable bonds is 8. The molecule has 55 heavy (non-hydrogen) atoms. The summed E-state index contributed by atoms with van der Waals surface area (Å²) in [4.78, 5) is 48.7. The number of pyridine rings is 2. The van der Waals surface area contributed by atoms with Crippen LogP contribution in [0.15, 0.2) is 116 Å². The van der Waals surface area contributed by atoms with Crippen molar-refractivity contribution in [1.82, 2.24) is 28.7 Å². The van der Waals surface area contributed by atoms with Gasteiger partial charge in [0, 0.05) is 61.1 Å². The summed E-state index contributed by atoms with van der Waals surface area (Å²) in [6, 6.07) is 15.8. The number of hydrogen-bond donors (Lipinski definition) is 1. The van der Waals surface area contributed by atoms with Gasteiger partial charge in [0.05, 0.1) is 54.9 Å². The molecule has 0 aliphatic carbocycles. The van der Waals surface area contributed by atoms with Crippen LogP contribution < -0.4 is 11.1 Å². The van der Waals surface area contributed by atoms with E-state index in [1.54, 1.807) is 72.3 Å². The minimum Gasteiger partial charge on any atom is -0.477 e. The second-order valence-electron chi connectivity index (χ2n) is 12.4. The minimum absolute atomic E-state index is 0.00900. The molecule has 0 unspecified atom stereocenters. The molecule has 6 aromatic heterocycles. The average Bonchev–Trinajstić information content (AvgIpc) is 4.00. The zero-order valence-electron chi connectivity index (χ0n) is 29.4. The van der Waals surface area contributed by atoms with Crippen LogP contribution in [0.25, 0.3) is 44.5 Å². The molecule has 0 fully saturated rings. The summed E-state index contributed by atoms with van der Waals surface area (Å²) in [5.74, 6) is -2.84. The van der Waals surface area contributed by atoms with Gasteiger partial charge >= 0.3 is 11.9 Å². The van der Waals surface area contributed by atoms with Crippen LogP contribution in [0.4, 0.5) is 8.78 Å². The summed E-state index contributed by atoms with van der Waals surface area (Å²) >= 11 is 0. The van der Waals surface area contributed by atoms with Gasteiger partial charge in [0.25, 0.3) is 11.1 Å². The Morgan fingerprint density at radius 3 is 1.56 bits per heavy atom. The number of hydrogen-bond acceptors (Lipinski definition) is 9. The van der Waals surface area contributed by atoms with Crippen molar-refractivity contribution in [3.05, 3.63) is 153 Å². The topological polar surface area (TPSA) is 170 Å². The van der Waals surface area contributed by atoms with Gasteiger partial charge in [-0.05, 0) is 36.4 Å². The van der Waals surface area contributed by atoms with Gasteiger partial charge in [0.15, 0.2) is 11.2 Å². The first kappa shape index (κ1) is 36.0. The number of carboxylic acid groups (broad SMARTS) is 1. The largest absolute Gasteiger partial charge is 0.477 e. The number of carbonyl (C=O) groups excluding carboxylic acids is 1. The van der Waals surface area contributed by atoms with Crippen LogP contribution in [0, 0.1) is 11.6 Å². The van der Waals surface area contributed by atoms with Gasteiger partial charge in [-0.2, -0.15) is 10.2 Å². The number of benzene rings is 2. The second-order valence-corrected chi connectivity index (χ2v) is 12.4. The fraction of sp³-hybridized carbons (Fsp3) is 0.128. The lowest BCUT2D eigenvalue weighted by atomic mass is 10.1. The summed E-state index contributed by atoms with van der Waals surface area (Å²) in [6.07, 6.45) is 8.61. The van der Waals surface area contributed by atoms with Crippen molar-refractivity contribution in [2.24, 2.45) is 14.1 Å². The number of nitrogens with zero attached hydrogens (tertiary/aromatic N) is 6. The molecule has 0 amide bonds. The Kier molecular flexibility index (Phi) is 9.55. The third-order valence-electron chi connectivity index (χ3n) is 8.81. The molecular weight excluding hydrogens is 718 g/mol. The van der Waals surface area contributed by atoms with Gasteiger partial charge < -0.3 is 27.8 Å². The van der Waals surface area contributed by atoms with Crippen molar-refractivity contribution in [2.45, 2.75) is 13.1 Å². The molecular formula is C39H30F2N6O8. The van der Waals surface area contributed by atoms with E-state index in [9.17, 15) is 33.1 Å². The molecule has 14 nitrogen and oxygen atoms in total. The standard InChI is InChI=1S/C20H16FN3O4.C19H14FN3O4/c1-23-7-5-17(22-23)12-3-4-13(16(21)9-12)10-24-11-15(20(26)27-2)18-14(19(24)25)6-8-28-18;1-22-6-4-16(21-22)11-2-3-12(15(20)8-11)9-23-10-14(19(25)26)17-13(18(23)24)5-7-27-17/h3-9,11H,10H2,1-2H3;2-8,10H,9H2,1H3,(H,25,26). The molecule has 8 rings (SSSR count). The average molecular weight is 749 g/mol. The summed E-state index contributed by atoms with van der Waals surface area (Å²) < 4.78 is 50.1. The Morgan fingerprint density at radius 1 is 0.709 bits per heavy atom. The van der Waals surface area contributed by atoms with Crippen LogP contribution >= 0.6 is 0 Å². The van der Waals surface area contributed by atoms with Crippen LogP contribution in [-0.2, 0) is 31.9 Å². The fourth-order valence-electron chi connectivity index (χ4n) is 6.05. The Morgan fingerprint density at radius 2 is 1.16 bits per heavy atom. The first-order chi connectivity index (χ1) is 26.4. The number of ether oxygens (including phenoxy) is 1. The highest BCUT2D eigenvalue weighted by molar-refractivity contribution is 6.01. The lowest BCUT2D eigenvalue weighted by Gasteiger charge is -2.10. The van der Waals surface area contributed by atoms with Crippen LogP contribution in [0.5, 0.6) is 0 Å². The van der Waals surface area contributed by atoms with Gasteiger partial charge in [0.2, 0.25) is 0 Å². The molecule has 0 radical (unpaired) electrons. The van der Waals surface area contributed by atoms with Crippen LogP contribution in [-0.4, -0.2) is 52.9 Å². The van der Waals surface area contributed by atoms with Gasteiger partial charge in [0.1, 0.15) is 22.8 Å². The molecule has 0 saturated heterocycles. The monoisotopic (exact) mass is 748 g/mol. The number of furan rings is 2. The van der Waals surface area contributed by atoms with Crippen molar-refractivity contribution in [3.8, 4) is 22.5 Å². The summed E-state index contributed by atoms with van der Waals surface area (Å²) in [7, 11) is 4.79. The van der Waals surface area contributed by atoms with Gasteiger partial charge in [-0.25, -0.2) is 18.4 Å². The van der Waals surface area contributed by atoms with Crippen molar-refractivity contribution < 1.29 is 37.0 Å². The van der Waals surface area contributed by atoms with Gasteiger partial charge in [-0.1, -0.05) is 24.3 Å². The van der Waals surface area contributed by atoms with E-state index in [2.05, 4.69) is 10.2 Å². The Hall–Kier alpha value is -7.36. The zero-order valence-corrected chi connectivity index (χ0v) is 29.4. The number of carbonyl (C=O) groups is 2. The van der Waals surface area contributed by atoms with E-state index in [0.717, 1.165) is 0 Å². The molecule has 0 spiro atoms. The fourth-order valence-corrected chi connectivity index (χ4v) is 6.05. The number of aromatic carboxylic acids is 1. The number of aromatic nitrogens is 6. The van der Waals surface area contributed by atoms with Crippen molar-refractivity contribution >= 4 is 33.9 Å². The maximum Gasteiger partial charge on any atom is 0.343 e. The molecule has 8 aromatic rings. The Balaban J connectivity index is 0.000000169. The maximum atomic E-state index is 14.7. The number of esters is 1. The predicted octanol–water partition coefficient (Wildman–Crippen LogP) is 5.85. The quantitative estimate of drug-likeness (QED) is 0.186. The number of aryl methyl sites for hydroxylation is 2. The van der Waals surface area contributed by atoms with E-state index in [1.165, 1.54) is 65.4 Å². The maximum absolute atomic E-state index is 14.7. The smallest absolute Gasteiger partial charge is 0.343 e. The molecule has 16 heteroatoms. The highest BCUT2D eigenvalue weighted by Crippen LogP contribution is 2.24. The molecule has 0 atom stereocenters. The van der Waals surface area contributed by atoms with E-state index in [1.807, 2.05) is 0 Å². The molecule has 0 aliphatic heterocycles. The van der Waals surface area contributed by atoms with E-state index < -0.39 is 29.1 Å². The second kappa shape index (κ2) is 14.6. The van der Waals surface area contributed by atoms with Gasteiger partial charge in [-0.15, -0.1) is 0 Å². The third-order valence-corrected chi connectivity index (χ3v) is 8.81. The Labute approximate surface area is 308 Å². The zero-order chi connectivity index (χ0) is 39.0. The van der Waals surface area contributed by atoms with E-state index >= 15 is 0 Å². The van der Waals surface area contributed by atoms with Crippen molar-refractivity contribution in [2.75, 3.05) is 7.11 Å². The molecule has 1 N–H and O–H groups in total. The van der Waals surface area contributed by atoms with Crippen molar-refractivity contribution in [1.29, 1.82) is 0 Å². The highest BCUT2D eigenvalue weighted by atomic mass is 19.1. The molecule has 6 heterocycles. The summed E-state index contributed by atoms with van der Waals surface area (Å²) in [5.41, 5.74) is 2.38. The molecule has 0 bridgehead atoms. The van der Waals surface area contributed by atoms with Gasteiger partial charge in [-0.3, -0.25) is 19.0 Å². The Bertz CT molecular complexity index is 2880. The van der Waals surface area contributed by atoms with Crippen LogP contribution in [0.1, 0.15) is 31.8 Å². The first-order valence-electron chi connectivity index (χ1n) is 16.5. The number of methoxy groups -OCH3 is 1. The number of halogens is 2. The van der Waals surface area contributed by atoms with E-state index in [4.69, 9.17) is 13.6 Å². The summed E-state index contributed by atoms with van der Waals surface area (Å²) in [5, 5.41) is 18.2. The molecule has 278 valence electrons. The third kappa shape index (κ3) is 7.07. The normalized spacial score (nSPS) is 11.1. The lowest BCUT2D eigenvalue weighted by Crippen LogP contribution is -2.22. The van der Waals surface area contributed by atoms with E-state index in [-0.39, 0.29) is 57.3 Å². The molecule has 2 aromatic carbocycles. The summed E-state index contributed by atoms with van der Waals surface area (Å²) in [6.45, 7) is -0.146. The first-order valence-corrected chi connectivity index (χ1v) is 16.5. The SMILES string of the molecule is COC(=O)c1cn(Cc2ccc(-c3ccn(C)n3)cc2F)c(=O)c2ccoc12.Cn1ccc(-c2ccc(Cn3cc(C(=O)O)c4occc4c3=O)c(F)c2)n1. The molecule has 0 saturated carbocycles. The van der Waals surface area contributed by atoms with E-state index in [0.29, 0.717) is 28.1 Å². The number of fused-ring (bicyclic) bond motifs is 2. The predicted molar refractivity (Wildman–Crippen MR) is 195 cm³/mol. The van der Waals surface area contributed by atoms with Crippen molar-refractivity contribution in [3.63, 3.8) is 0 Å². The van der Waals surface area contributed by atoms with Crippen LogP contribution in [0.2, 0.25) is 0 Å². The lowest BCUT2D eigenvalue weighted by molar-refractivity contribution is 0.0599. The highest BCUT2D eigenvalue weighted by Gasteiger charge is 2.20. The van der Waals surface area contributed by atoms with Crippen LogP contribution in [0.3, 0.4) is 0 Å². The minimum atomic E-state index is -1.23. The number of carboxylic acids is 1.